The van der Waals surface area contributed by atoms with Crippen LogP contribution >= 0.6 is 11.3 Å². The number of carbonyl (C=O) groups is 1. The van der Waals surface area contributed by atoms with E-state index in [1.54, 1.807) is 12.1 Å². The number of carbonyl (C=O) groups excluding carboxylic acids is 1. The van der Waals surface area contributed by atoms with Crippen molar-refractivity contribution in [2.24, 2.45) is 0 Å². The van der Waals surface area contributed by atoms with Gasteiger partial charge in [0.15, 0.2) is 10.9 Å². The minimum atomic E-state index is -3.82. The lowest BCUT2D eigenvalue weighted by Crippen LogP contribution is -2.31. The van der Waals surface area contributed by atoms with E-state index in [4.69, 9.17) is 0 Å². The summed E-state index contributed by atoms with van der Waals surface area (Å²) in [6.07, 6.45) is 0.632. The highest BCUT2D eigenvalue weighted by molar-refractivity contribution is 7.92. The SMILES string of the molecule is O=C(c1ccc(S(=O)(=O)N2CCc3ccccc32)cc1)N(Cc1ccccc1)c1nc2c(F)cc(F)cc2s1. The standard InChI is InChI=1S/C29H21F2N3O3S2/c30-22-16-24(31)27-26(17-22)38-29(32-27)33(18-19-6-2-1-3-7-19)28(35)21-10-12-23(13-11-21)39(36,37)34-15-14-20-8-4-5-9-25(20)34/h1-13,16-17H,14-15,18H2. The van der Waals surface area contributed by atoms with E-state index >= 15 is 0 Å². The van der Waals surface area contributed by atoms with Crippen LogP contribution in [0.25, 0.3) is 10.2 Å². The second kappa shape index (κ2) is 9.87. The normalized spacial score (nSPS) is 13.0. The van der Waals surface area contributed by atoms with Gasteiger partial charge in [0.05, 0.1) is 21.8 Å². The number of anilines is 2. The fraction of sp³-hybridized carbons (Fsp3) is 0.103. The van der Waals surface area contributed by atoms with Gasteiger partial charge in [-0.25, -0.2) is 22.2 Å². The van der Waals surface area contributed by atoms with Gasteiger partial charge < -0.3 is 0 Å². The van der Waals surface area contributed by atoms with Gasteiger partial charge in [-0.3, -0.25) is 14.0 Å². The number of sulfonamides is 1. The molecule has 6 rings (SSSR count). The van der Waals surface area contributed by atoms with E-state index in [2.05, 4.69) is 4.98 Å². The number of aromatic nitrogens is 1. The van der Waals surface area contributed by atoms with Crippen molar-refractivity contribution in [1.29, 1.82) is 0 Å². The third-order valence-electron chi connectivity index (χ3n) is 6.60. The number of amides is 1. The predicted octanol–water partition coefficient (Wildman–Crippen LogP) is 6.17. The van der Waals surface area contributed by atoms with Crippen LogP contribution in [0.1, 0.15) is 21.5 Å². The first kappa shape index (κ1) is 25.1. The van der Waals surface area contributed by atoms with E-state index in [1.165, 1.54) is 39.5 Å². The summed E-state index contributed by atoms with van der Waals surface area (Å²) in [5, 5.41) is 0.203. The second-order valence-electron chi connectivity index (χ2n) is 9.09. The van der Waals surface area contributed by atoms with Crippen LogP contribution in [-0.4, -0.2) is 25.9 Å². The highest BCUT2D eigenvalue weighted by Gasteiger charge is 2.31. The number of nitrogens with zero attached hydrogens (tertiary/aromatic N) is 3. The molecule has 0 aliphatic carbocycles. The fourth-order valence-electron chi connectivity index (χ4n) is 4.66. The van der Waals surface area contributed by atoms with Crippen molar-refractivity contribution in [3.8, 4) is 0 Å². The first-order valence-corrected chi connectivity index (χ1v) is 14.4. The number of hydrogen-bond acceptors (Lipinski definition) is 5. The minimum absolute atomic E-state index is 0.0189. The number of thiazole rings is 1. The largest absolute Gasteiger partial charge is 0.279 e. The number of halogens is 2. The number of fused-ring (bicyclic) bond motifs is 2. The fourth-order valence-corrected chi connectivity index (χ4v) is 7.17. The van der Waals surface area contributed by atoms with Gasteiger partial charge in [-0.15, -0.1) is 0 Å². The lowest BCUT2D eigenvalue weighted by atomic mass is 10.1. The van der Waals surface area contributed by atoms with E-state index in [1.807, 2.05) is 42.5 Å². The molecule has 0 fully saturated rings. The predicted molar refractivity (Wildman–Crippen MR) is 148 cm³/mol. The maximum absolute atomic E-state index is 14.4. The molecule has 0 saturated carbocycles. The lowest BCUT2D eigenvalue weighted by Gasteiger charge is -2.21. The van der Waals surface area contributed by atoms with E-state index in [-0.39, 0.29) is 32.4 Å². The molecule has 0 saturated heterocycles. The van der Waals surface area contributed by atoms with Crippen LogP contribution in [0.2, 0.25) is 0 Å². The van der Waals surface area contributed by atoms with Crippen LogP contribution in [-0.2, 0) is 23.0 Å². The zero-order chi connectivity index (χ0) is 27.1. The van der Waals surface area contributed by atoms with Crippen LogP contribution in [0.3, 0.4) is 0 Å². The Labute approximate surface area is 227 Å². The van der Waals surface area contributed by atoms with Crippen molar-refractivity contribution in [3.63, 3.8) is 0 Å². The lowest BCUT2D eigenvalue weighted by molar-refractivity contribution is 0.0985. The summed E-state index contributed by atoms with van der Waals surface area (Å²) in [6.45, 7) is 0.482. The molecule has 10 heteroatoms. The first-order chi connectivity index (χ1) is 18.8. The Hall–Kier alpha value is -4.15. The molecule has 196 valence electrons. The topological polar surface area (TPSA) is 70.6 Å². The van der Waals surface area contributed by atoms with Crippen LogP contribution in [0, 0.1) is 11.6 Å². The zero-order valence-corrected chi connectivity index (χ0v) is 22.1. The Morgan fingerprint density at radius 3 is 2.44 bits per heavy atom. The molecule has 0 unspecified atom stereocenters. The van der Waals surface area contributed by atoms with E-state index in [0.29, 0.717) is 18.7 Å². The highest BCUT2D eigenvalue weighted by atomic mass is 32.2. The molecule has 0 spiro atoms. The van der Waals surface area contributed by atoms with Gasteiger partial charge in [0.1, 0.15) is 11.3 Å². The molecular weight excluding hydrogens is 540 g/mol. The molecule has 4 aromatic carbocycles. The summed E-state index contributed by atoms with van der Waals surface area (Å²) < 4.78 is 56.6. The quantitative estimate of drug-likeness (QED) is 0.249. The smallest absolute Gasteiger partial charge is 0.264 e. The average molecular weight is 562 g/mol. The number of rotatable bonds is 6. The Bertz CT molecular complexity index is 1810. The summed E-state index contributed by atoms with van der Waals surface area (Å²) in [4.78, 5) is 19.5. The van der Waals surface area contributed by atoms with Crippen LogP contribution < -0.4 is 9.21 Å². The van der Waals surface area contributed by atoms with Crippen molar-refractivity contribution in [2.75, 3.05) is 15.7 Å². The Balaban J connectivity index is 1.34. The monoisotopic (exact) mass is 561 g/mol. The van der Waals surface area contributed by atoms with Crippen molar-refractivity contribution < 1.29 is 22.0 Å². The van der Waals surface area contributed by atoms with Gasteiger partial charge in [0.25, 0.3) is 15.9 Å². The zero-order valence-electron chi connectivity index (χ0n) is 20.4. The first-order valence-electron chi connectivity index (χ1n) is 12.1. The Kier molecular flexibility index (Phi) is 6.36. The van der Waals surface area contributed by atoms with Crippen molar-refractivity contribution in [3.05, 3.63) is 119 Å². The molecule has 5 aromatic rings. The maximum Gasteiger partial charge on any atom is 0.264 e. The van der Waals surface area contributed by atoms with E-state index in [9.17, 15) is 22.0 Å². The van der Waals surface area contributed by atoms with Gasteiger partial charge in [-0.2, -0.15) is 0 Å². The molecular formula is C29H21F2N3O3S2. The van der Waals surface area contributed by atoms with Gasteiger partial charge in [-0.05, 0) is 53.9 Å². The van der Waals surface area contributed by atoms with Crippen molar-refractivity contribution in [2.45, 2.75) is 17.9 Å². The molecule has 1 aromatic heterocycles. The summed E-state index contributed by atoms with van der Waals surface area (Å²) in [6, 6.07) is 24.3. The van der Waals surface area contributed by atoms with Crippen LogP contribution in [0.5, 0.6) is 0 Å². The summed E-state index contributed by atoms with van der Waals surface area (Å²) in [5.41, 5.74) is 2.65. The molecule has 1 aliphatic heterocycles. The van der Waals surface area contributed by atoms with Gasteiger partial charge in [0.2, 0.25) is 0 Å². The maximum atomic E-state index is 14.4. The summed E-state index contributed by atoms with van der Waals surface area (Å²) in [7, 11) is -3.82. The van der Waals surface area contributed by atoms with Crippen LogP contribution in [0.15, 0.2) is 95.9 Å². The molecule has 0 N–H and O–H groups in total. The molecule has 6 nitrogen and oxygen atoms in total. The molecule has 0 bridgehead atoms. The molecule has 1 aliphatic rings. The molecule has 0 radical (unpaired) electrons. The number of hydrogen-bond donors (Lipinski definition) is 0. The molecule has 1 amide bonds. The van der Waals surface area contributed by atoms with Crippen molar-refractivity contribution in [1.82, 2.24) is 4.98 Å². The van der Waals surface area contributed by atoms with Crippen LogP contribution in [0.4, 0.5) is 19.6 Å². The van der Waals surface area contributed by atoms with Crippen molar-refractivity contribution >= 4 is 48.3 Å². The molecule has 0 atom stereocenters. The Morgan fingerprint density at radius 2 is 1.67 bits per heavy atom. The average Bonchev–Trinajstić information content (AvgIpc) is 3.57. The molecule has 39 heavy (non-hydrogen) atoms. The second-order valence-corrected chi connectivity index (χ2v) is 12.0. The summed E-state index contributed by atoms with van der Waals surface area (Å²) in [5.74, 6) is -1.99. The minimum Gasteiger partial charge on any atom is -0.279 e. The van der Waals surface area contributed by atoms with Gasteiger partial charge in [0, 0.05) is 18.2 Å². The van der Waals surface area contributed by atoms with E-state index in [0.717, 1.165) is 28.5 Å². The third-order valence-corrected chi connectivity index (χ3v) is 9.45. The number of benzene rings is 4. The van der Waals surface area contributed by atoms with E-state index < -0.39 is 27.6 Å². The van der Waals surface area contributed by atoms with Gasteiger partial charge >= 0.3 is 0 Å². The summed E-state index contributed by atoms with van der Waals surface area (Å²) >= 11 is 1.01. The molecule has 2 heterocycles. The third kappa shape index (κ3) is 4.66. The highest BCUT2D eigenvalue weighted by Crippen LogP contribution is 2.34. The Morgan fingerprint density at radius 1 is 0.949 bits per heavy atom. The number of para-hydroxylation sites is 1. The van der Waals surface area contributed by atoms with Gasteiger partial charge in [-0.1, -0.05) is 59.9 Å².